The summed E-state index contributed by atoms with van der Waals surface area (Å²) in [6, 6.07) is 0. The van der Waals surface area contributed by atoms with Gasteiger partial charge < -0.3 is 9.52 Å². The Morgan fingerprint density at radius 3 is 2.72 bits per heavy atom. The maximum absolute atomic E-state index is 10.6. The van der Waals surface area contributed by atoms with Crippen molar-refractivity contribution in [3.63, 3.8) is 0 Å². The molecule has 1 aliphatic rings. The average molecular weight is 252 g/mol. The van der Waals surface area contributed by atoms with E-state index < -0.39 is 5.97 Å². The molecule has 1 atom stereocenters. The SMILES string of the molecule is CC(CC(=O)O)Cc1nnc(C2(C)CCCC2)o1. The Morgan fingerprint density at radius 1 is 1.44 bits per heavy atom. The molecular weight excluding hydrogens is 232 g/mol. The molecule has 100 valence electrons. The van der Waals surface area contributed by atoms with E-state index in [9.17, 15) is 4.79 Å². The van der Waals surface area contributed by atoms with Crippen LogP contribution in [0.15, 0.2) is 4.42 Å². The Bertz CT molecular complexity index is 422. The molecule has 5 heteroatoms. The number of nitrogens with zero attached hydrogens (tertiary/aromatic N) is 2. The van der Waals surface area contributed by atoms with Gasteiger partial charge in [-0.3, -0.25) is 4.79 Å². The van der Waals surface area contributed by atoms with E-state index >= 15 is 0 Å². The molecule has 0 aromatic carbocycles. The molecule has 18 heavy (non-hydrogen) atoms. The van der Waals surface area contributed by atoms with Crippen molar-refractivity contribution < 1.29 is 14.3 Å². The van der Waals surface area contributed by atoms with Crippen LogP contribution in [0.2, 0.25) is 0 Å². The lowest BCUT2D eigenvalue weighted by molar-refractivity contribution is -0.137. The van der Waals surface area contributed by atoms with Crippen molar-refractivity contribution in [3.8, 4) is 0 Å². The fourth-order valence-electron chi connectivity index (χ4n) is 2.62. The van der Waals surface area contributed by atoms with E-state index in [1.165, 1.54) is 12.8 Å². The number of hydrogen-bond donors (Lipinski definition) is 1. The third-order valence-electron chi connectivity index (χ3n) is 3.74. The second-order valence-electron chi connectivity index (χ2n) is 5.68. The van der Waals surface area contributed by atoms with Gasteiger partial charge in [-0.25, -0.2) is 0 Å². The minimum atomic E-state index is -0.787. The van der Waals surface area contributed by atoms with Crippen LogP contribution in [0, 0.1) is 5.92 Å². The number of carboxylic acids is 1. The van der Waals surface area contributed by atoms with Gasteiger partial charge in [-0.2, -0.15) is 0 Å². The van der Waals surface area contributed by atoms with E-state index in [0.29, 0.717) is 12.3 Å². The summed E-state index contributed by atoms with van der Waals surface area (Å²) < 4.78 is 5.71. The summed E-state index contributed by atoms with van der Waals surface area (Å²) in [4.78, 5) is 10.6. The van der Waals surface area contributed by atoms with Gasteiger partial charge in [0, 0.05) is 18.3 Å². The zero-order chi connectivity index (χ0) is 13.2. The predicted octanol–water partition coefficient (Wildman–Crippen LogP) is 2.55. The van der Waals surface area contributed by atoms with Gasteiger partial charge in [-0.05, 0) is 18.8 Å². The van der Waals surface area contributed by atoms with Crippen molar-refractivity contribution >= 4 is 5.97 Å². The van der Waals surface area contributed by atoms with Gasteiger partial charge in [0.25, 0.3) is 0 Å². The normalized spacial score (nSPS) is 19.9. The summed E-state index contributed by atoms with van der Waals surface area (Å²) in [7, 11) is 0. The first kappa shape index (κ1) is 13.1. The lowest BCUT2D eigenvalue weighted by Gasteiger charge is -2.17. The van der Waals surface area contributed by atoms with Gasteiger partial charge >= 0.3 is 5.97 Å². The monoisotopic (exact) mass is 252 g/mol. The van der Waals surface area contributed by atoms with E-state index in [1.807, 2.05) is 6.92 Å². The van der Waals surface area contributed by atoms with Crippen LogP contribution in [0.25, 0.3) is 0 Å². The van der Waals surface area contributed by atoms with Crippen molar-refractivity contribution in [1.29, 1.82) is 0 Å². The molecule has 2 rings (SSSR count). The molecule has 5 nitrogen and oxygen atoms in total. The minimum absolute atomic E-state index is 0.0205. The summed E-state index contributed by atoms with van der Waals surface area (Å²) in [5.74, 6) is 0.515. The van der Waals surface area contributed by atoms with Crippen LogP contribution in [0.5, 0.6) is 0 Å². The highest BCUT2D eigenvalue weighted by atomic mass is 16.4. The molecule has 1 unspecified atom stereocenters. The number of aliphatic carboxylic acids is 1. The third-order valence-corrected chi connectivity index (χ3v) is 3.74. The summed E-state index contributed by atoms with van der Waals surface area (Å²) in [5, 5.41) is 16.9. The lowest BCUT2D eigenvalue weighted by Crippen LogP contribution is -2.17. The highest BCUT2D eigenvalue weighted by Gasteiger charge is 2.35. The fourth-order valence-corrected chi connectivity index (χ4v) is 2.62. The van der Waals surface area contributed by atoms with Crippen molar-refractivity contribution in [2.75, 3.05) is 0 Å². The Kier molecular flexibility index (Phi) is 3.68. The Morgan fingerprint density at radius 2 is 2.11 bits per heavy atom. The van der Waals surface area contributed by atoms with Crippen LogP contribution in [-0.4, -0.2) is 21.3 Å². The standard InChI is InChI=1S/C13H20N2O3/c1-9(8-11(16)17)7-10-14-15-12(18-10)13(2)5-3-4-6-13/h9H,3-8H2,1-2H3,(H,16,17). The molecule has 1 heterocycles. The average Bonchev–Trinajstić information content (AvgIpc) is 2.86. The Balaban J connectivity index is 2.00. The van der Waals surface area contributed by atoms with E-state index in [4.69, 9.17) is 9.52 Å². The molecule has 1 saturated carbocycles. The van der Waals surface area contributed by atoms with Crippen LogP contribution in [0.4, 0.5) is 0 Å². The zero-order valence-electron chi connectivity index (χ0n) is 11.0. The first-order valence-electron chi connectivity index (χ1n) is 6.54. The van der Waals surface area contributed by atoms with E-state index in [2.05, 4.69) is 17.1 Å². The van der Waals surface area contributed by atoms with Crippen molar-refractivity contribution in [2.45, 2.75) is 57.8 Å². The van der Waals surface area contributed by atoms with E-state index in [0.717, 1.165) is 18.7 Å². The molecule has 1 aromatic rings. The van der Waals surface area contributed by atoms with Crippen LogP contribution in [-0.2, 0) is 16.6 Å². The molecule has 0 spiro atoms. The Labute approximate surface area is 107 Å². The smallest absolute Gasteiger partial charge is 0.303 e. The number of rotatable bonds is 5. The third kappa shape index (κ3) is 2.89. The van der Waals surface area contributed by atoms with Crippen LogP contribution in [0.3, 0.4) is 0 Å². The van der Waals surface area contributed by atoms with Gasteiger partial charge in [-0.1, -0.05) is 26.7 Å². The minimum Gasteiger partial charge on any atom is -0.481 e. The molecule has 0 radical (unpaired) electrons. The lowest BCUT2D eigenvalue weighted by atomic mass is 9.89. The molecule has 1 aliphatic carbocycles. The Hall–Kier alpha value is -1.39. The molecule has 0 bridgehead atoms. The number of hydrogen-bond acceptors (Lipinski definition) is 4. The van der Waals surface area contributed by atoms with Gasteiger partial charge in [-0.15, -0.1) is 10.2 Å². The molecule has 0 amide bonds. The van der Waals surface area contributed by atoms with Crippen LogP contribution in [0.1, 0.15) is 57.7 Å². The van der Waals surface area contributed by atoms with Gasteiger partial charge in [0.2, 0.25) is 11.8 Å². The van der Waals surface area contributed by atoms with Gasteiger partial charge in [0.05, 0.1) is 0 Å². The maximum atomic E-state index is 10.6. The molecule has 1 N–H and O–H groups in total. The number of aromatic nitrogens is 2. The maximum Gasteiger partial charge on any atom is 0.303 e. The van der Waals surface area contributed by atoms with Crippen molar-refractivity contribution in [1.82, 2.24) is 10.2 Å². The molecule has 0 aliphatic heterocycles. The summed E-state index contributed by atoms with van der Waals surface area (Å²) >= 11 is 0. The van der Waals surface area contributed by atoms with Gasteiger partial charge in [0.1, 0.15) is 0 Å². The van der Waals surface area contributed by atoms with E-state index in [1.54, 1.807) is 0 Å². The first-order chi connectivity index (χ1) is 8.49. The van der Waals surface area contributed by atoms with E-state index in [-0.39, 0.29) is 17.8 Å². The molecule has 0 saturated heterocycles. The quantitative estimate of drug-likeness (QED) is 0.871. The number of carboxylic acid groups (broad SMARTS) is 1. The summed E-state index contributed by atoms with van der Waals surface area (Å²) in [5.41, 5.74) is 0.0291. The van der Waals surface area contributed by atoms with Crippen molar-refractivity contribution in [2.24, 2.45) is 5.92 Å². The highest BCUT2D eigenvalue weighted by molar-refractivity contribution is 5.66. The molecular formula is C13H20N2O3. The molecule has 1 fully saturated rings. The summed E-state index contributed by atoms with van der Waals surface area (Å²) in [6.45, 7) is 4.05. The molecule has 1 aromatic heterocycles. The second-order valence-corrected chi connectivity index (χ2v) is 5.68. The fraction of sp³-hybridized carbons (Fsp3) is 0.769. The zero-order valence-corrected chi connectivity index (χ0v) is 11.0. The predicted molar refractivity (Wildman–Crippen MR) is 65.2 cm³/mol. The highest BCUT2D eigenvalue weighted by Crippen LogP contribution is 2.39. The summed E-state index contributed by atoms with van der Waals surface area (Å²) in [6.07, 6.45) is 5.29. The van der Waals surface area contributed by atoms with Crippen LogP contribution < -0.4 is 0 Å². The number of carbonyl (C=O) groups is 1. The van der Waals surface area contributed by atoms with Crippen molar-refractivity contribution in [3.05, 3.63) is 11.8 Å². The topological polar surface area (TPSA) is 76.2 Å². The largest absolute Gasteiger partial charge is 0.481 e. The van der Waals surface area contributed by atoms with Crippen LogP contribution >= 0.6 is 0 Å². The first-order valence-corrected chi connectivity index (χ1v) is 6.54. The van der Waals surface area contributed by atoms with Gasteiger partial charge in [0.15, 0.2) is 0 Å². The second kappa shape index (κ2) is 5.08.